The Morgan fingerprint density at radius 1 is 0.689 bits per heavy atom. The summed E-state index contributed by atoms with van der Waals surface area (Å²) in [5.74, 6) is -0.365. The van der Waals surface area contributed by atoms with Crippen LogP contribution < -0.4 is 5.73 Å². The minimum atomic E-state index is -4.28. The van der Waals surface area contributed by atoms with Crippen molar-refractivity contribution < 1.29 is 32.8 Å². The summed E-state index contributed by atoms with van der Waals surface area (Å²) in [4.78, 5) is 22.1. The van der Waals surface area contributed by atoms with E-state index < -0.39 is 13.9 Å². The molecule has 3 N–H and O–H groups in total. The predicted octanol–water partition coefficient (Wildman–Crippen LogP) is 9.24. The maximum Gasteiger partial charge on any atom is 0.472 e. The number of carbonyl (C=O) groups excluding carboxylic acids is 1. The Hall–Kier alpha value is -2.06. The zero-order valence-electron chi connectivity index (χ0n) is 28.1. The first kappa shape index (κ1) is 42.9. The van der Waals surface area contributed by atoms with Crippen LogP contribution in [0.15, 0.2) is 72.9 Å². The summed E-state index contributed by atoms with van der Waals surface area (Å²) in [5.41, 5.74) is 5.32. The Labute approximate surface area is 274 Å². The van der Waals surface area contributed by atoms with Gasteiger partial charge < -0.3 is 20.1 Å². The number of hydrogen-bond acceptors (Lipinski definition) is 7. The van der Waals surface area contributed by atoms with E-state index in [2.05, 4.69) is 86.8 Å². The van der Waals surface area contributed by atoms with E-state index in [1.807, 2.05) is 0 Å². The Morgan fingerprint density at radius 2 is 1.22 bits per heavy atom. The van der Waals surface area contributed by atoms with Crippen LogP contribution in [0.4, 0.5) is 0 Å². The molecule has 0 rings (SSSR count). The molecule has 0 aromatic rings. The van der Waals surface area contributed by atoms with E-state index in [-0.39, 0.29) is 32.3 Å². The predicted molar refractivity (Wildman–Crippen MR) is 187 cm³/mol. The molecular weight excluding hydrogens is 589 g/mol. The summed E-state index contributed by atoms with van der Waals surface area (Å²) in [6.07, 6.45) is 39.6. The Morgan fingerprint density at radius 3 is 1.78 bits per heavy atom. The second kappa shape index (κ2) is 33.3. The Bertz CT molecular complexity index is 911. The van der Waals surface area contributed by atoms with Crippen molar-refractivity contribution in [2.24, 2.45) is 5.73 Å². The summed E-state index contributed by atoms with van der Waals surface area (Å²) in [7, 11) is -4.28. The zero-order valence-corrected chi connectivity index (χ0v) is 29.0. The molecule has 0 aliphatic rings. The minimum Gasteiger partial charge on any atom is -0.457 e. The van der Waals surface area contributed by atoms with Gasteiger partial charge in [0.25, 0.3) is 0 Å². The lowest BCUT2D eigenvalue weighted by Crippen LogP contribution is -2.28. The molecule has 45 heavy (non-hydrogen) atoms. The van der Waals surface area contributed by atoms with Crippen molar-refractivity contribution in [1.82, 2.24) is 0 Å². The van der Waals surface area contributed by atoms with Crippen molar-refractivity contribution in [1.29, 1.82) is 0 Å². The van der Waals surface area contributed by atoms with Crippen molar-refractivity contribution in [3.63, 3.8) is 0 Å². The average Bonchev–Trinajstić information content (AvgIpc) is 3.03. The summed E-state index contributed by atoms with van der Waals surface area (Å²) >= 11 is 0. The summed E-state index contributed by atoms with van der Waals surface area (Å²) in [6, 6.07) is 0. The molecule has 0 aromatic heterocycles. The van der Waals surface area contributed by atoms with Crippen molar-refractivity contribution in [3.05, 3.63) is 72.9 Å². The van der Waals surface area contributed by atoms with Crippen molar-refractivity contribution >= 4 is 13.8 Å². The molecule has 0 saturated carbocycles. The lowest BCUT2D eigenvalue weighted by atomic mass is 10.1. The third-order valence-corrected chi connectivity index (χ3v) is 7.37. The molecule has 0 radical (unpaired) electrons. The smallest absolute Gasteiger partial charge is 0.457 e. The van der Waals surface area contributed by atoms with Crippen molar-refractivity contribution in [2.45, 2.75) is 116 Å². The van der Waals surface area contributed by atoms with Gasteiger partial charge in [-0.3, -0.25) is 13.8 Å². The maximum absolute atomic E-state index is 12.3. The van der Waals surface area contributed by atoms with Gasteiger partial charge in [-0.05, 0) is 57.8 Å². The van der Waals surface area contributed by atoms with Crippen LogP contribution in [-0.4, -0.2) is 49.9 Å². The van der Waals surface area contributed by atoms with Crippen LogP contribution in [0.5, 0.6) is 0 Å². The first-order chi connectivity index (χ1) is 21.9. The lowest BCUT2D eigenvalue weighted by molar-refractivity contribution is -0.154. The highest BCUT2D eigenvalue weighted by molar-refractivity contribution is 7.47. The number of phosphoric ester groups is 1. The van der Waals surface area contributed by atoms with E-state index in [1.54, 1.807) is 0 Å². The first-order valence-electron chi connectivity index (χ1n) is 16.9. The van der Waals surface area contributed by atoms with E-state index >= 15 is 0 Å². The van der Waals surface area contributed by atoms with Gasteiger partial charge in [-0.25, -0.2) is 4.57 Å². The summed E-state index contributed by atoms with van der Waals surface area (Å²) < 4.78 is 32.9. The number of nitrogens with two attached hydrogens (primary N) is 1. The highest BCUT2D eigenvalue weighted by atomic mass is 31.2. The van der Waals surface area contributed by atoms with Gasteiger partial charge in [-0.1, -0.05) is 119 Å². The van der Waals surface area contributed by atoms with Gasteiger partial charge >= 0.3 is 13.8 Å². The fourth-order valence-electron chi connectivity index (χ4n) is 3.95. The molecule has 9 heteroatoms. The lowest BCUT2D eigenvalue weighted by Gasteiger charge is -2.20. The number of allylic oxidation sites excluding steroid dienone is 12. The van der Waals surface area contributed by atoms with E-state index in [4.69, 9.17) is 24.3 Å². The number of unbranched alkanes of at least 4 members (excludes halogenated alkanes) is 6. The van der Waals surface area contributed by atoms with E-state index in [9.17, 15) is 14.3 Å². The second-order valence-electron chi connectivity index (χ2n) is 10.6. The normalized spacial score (nSPS) is 14.7. The fraction of sp³-hybridized carbons (Fsp3) is 0.639. The SMILES string of the molecule is CC/C=C\C/C=C\C/C=C\C/C=C\C/C=C\C/C=C\CCCOCC(COP(=O)(O)OCCN)OC(=O)CCCCCCCC. The van der Waals surface area contributed by atoms with Crippen molar-refractivity contribution in [3.8, 4) is 0 Å². The Balaban J connectivity index is 4.17. The molecule has 0 bridgehead atoms. The molecule has 258 valence electrons. The Kier molecular flexibility index (Phi) is 31.8. The van der Waals surface area contributed by atoms with Crippen LogP contribution in [0, 0.1) is 0 Å². The van der Waals surface area contributed by atoms with Gasteiger partial charge in [-0.15, -0.1) is 0 Å². The van der Waals surface area contributed by atoms with Gasteiger partial charge in [0, 0.05) is 19.6 Å². The molecule has 0 heterocycles. The summed E-state index contributed by atoms with van der Waals surface area (Å²) in [6.45, 7) is 4.53. The molecule has 0 spiro atoms. The maximum atomic E-state index is 12.3. The number of rotatable bonds is 31. The molecule has 2 unspecified atom stereocenters. The second-order valence-corrected chi connectivity index (χ2v) is 12.1. The number of carbonyl (C=O) groups is 1. The first-order valence-corrected chi connectivity index (χ1v) is 18.4. The van der Waals surface area contributed by atoms with Crippen LogP contribution >= 0.6 is 7.82 Å². The van der Waals surface area contributed by atoms with E-state index in [0.717, 1.165) is 70.6 Å². The van der Waals surface area contributed by atoms with Crippen LogP contribution in [0.3, 0.4) is 0 Å². The minimum absolute atomic E-state index is 0.0723. The molecule has 2 atom stereocenters. The van der Waals surface area contributed by atoms with Gasteiger partial charge in [0.15, 0.2) is 0 Å². The van der Waals surface area contributed by atoms with E-state index in [0.29, 0.717) is 13.0 Å². The highest BCUT2D eigenvalue weighted by Gasteiger charge is 2.25. The van der Waals surface area contributed by atoms with Gasteiger partial charge in [-0.2, -0.15) is 0 Å². The van der Waals surface area contributed by atoms with Gasteiger partial charge in [0.1, 0.15) is 6.10 Å². The number of esters is 1. The molecule has 0 saturated heterocycles. The van der Waals surface area contributed by atoms with Crippen molar-refractivity contribution in [2.75, 3.05) is 33.0 Å². The molecule has 0 amide bonds. The highest BCUT2D eigenvalue weighted by Crippen LogP contribution is 2.43. The topological polar surface area (TPSA) is 117 Å². The fourth-order valence-corrected chi connectivity index (χ4v) is 4.72. The van der Waals surface area contributed by atoms with Crippen LogP contribution in [0.2, 0.25) is 0 Å². The van der Waals surface area contributed by atoms with Crippen LogP contribution in [0.25, 0.3) is 0 Å². The number of ether oxygens (including phenoxy) is 2. The third-order valence-electron chi connectivity index (χ3n) is 6.39. The largest absolute Gasteiger partial charge is 0.472 e. The standard InChI is InChI=1S/C36H62NO7P/c1-3-5-7-9-11-12-13-14-15-16-17-18-19-20-21-22-23-24-26-28-31-41-33-35(34-43-45(39,40)42-32-30-37)44-36(38)29-27-25-10-8-6-4-2/h5,7,11-12,14-15,17-18,20-21,23-24,35H,3-4,6,8-10,13,16,19,22,25-34,37H2,1-2H3,(H,39,40)/b7-5-,12-11-,15-14-,18-17-,21-20-,24-23-. The molecule has 0 aromatic carbocycles. The molecular formula is C36H62NO7P. The summed E-state index contributed by atoms with van der Waals surface area (Å²) in [5, 5.41) is 0. The number of hydrogen-bond donors (Lipinski definition) is 2. The van der Waals surface area contributed by atoms with Gasteiger partial charge in [0.2, 0.25) is 0 Å². The molecule has 0 fully saturated rings. The average molecular weight is 652 g/mol. The van der Waals surface area contributed by atoms with Crippen LogP contribution in [0.1, 0.15) is 110 Å². The monoisotopic (exact) mass is 651 g/mol. The molecule has 0 aliphatic carbocycles. The number of phosphoric acid groups is 1. The quantitative estimate of drug-likeness (QED) is 0.0330. The molecule has 0 aliphatic heterocycles. The zero-order chi connectivity index (χ0) is 33.1. The van der Waals surface area contributed by atoms with Crippen LogP contribution in [-0.2, 0) is 27.9 Å². The van der Waals surface area contributed by atoms with E-state index in [1.165, 1.54) is 19.3 Å². The third kappa shape index (κ3) is 33.1. The molecule has 8 nitrogen and oxygen atoms in total. The van der Waals surface area contributed by atoms with Gasteiger partial charge in [0.05, 0.1) is 19.8 Å².